The van der Waals surface area contributed by atoms with Crippen molar-refractivity contribution in [2.75, 3.05) is 13.2 Å². The maximum absolute atomic E-state index is 11.6. The van der Waals surface area contributed by atoms with Crippen molar-refractivity contribution in [2.24, 2.45) is 0 Å². The van der Waals surface area contributed by atoms with E-state index < -0.39 is 30.0 Å². The van der Waals surface area contributed by atoms with E-state index in [9.17, 15) is 4.79 Å². The molecule has 2 heterocycles. The van der Waals surface area contributed by atoms with Gasteiger partial charge in [0.05, 0.1) is 17.7 Å². The summed E-state index contributed by atoms with van der Waals surface area (Å²) in [5.41, 5.74) is -0.490. The first-order valence-electron chi connectivity index (χ1n) is 8.81. The van der Waals surface area contributed by atoms with Crippen molar-refractivity contribution >= 4 is 18.7 Å². The van der Waals surface area contributed by atoms with Crippen LogP contribution in [0, 0.1) is 0 Å². The number of pyridine rings is 1. The zero-order valence-electron chi connectivity index (χ0n) is 16.7. The van der Waals surface area contributed by atoms with Gasteiger partial charge in [-0.2, -0.15) is 0 Å². The van der Waals surface area contributed by atoms with Gasteiger partial charge in [0, 0.05) is 12.3 Å². The smallest absolute Gasteiger partial charge is 0.476 e. The fourth-order valence-corrected chi connectivity index (χ4v) is 2.25. The molecule has 8 heteroatoms. The molecular weight excluding hydrogens is 335 g/mol. The number of nitrogens with one attached hydrogen (secondary N) is 1. The minimum atomic E-state index is -0.524. The minimum Gasteiger partial charge on any atom is -0.476 e. The van der Waals surface area contributed by atoms with Gasteiger partial charge in [0.15, 0.2) is 0 Å². The molecule has 1 saturated heterocycles. The summed E-state index contributed by atoms with van der Waals surface area (Å²) in [5, 5.41) is 2.64. The number of aromatic nitrogens is 1. The molecule has 144 valence electrons. The molecule has 1 aliphatic rings. The Kier molecular flexibility index (Phi) is 5.87. The third-order valence-electron chi connectivity index (χ3n) is 4.30. The van der Waals surface area contributed by atoms with E-state index in [1.54, 1.807) is 12.3 Å². The first-order valence-corrected chi connectivity index (χ1v) is 8.81. The van der Waals surface area contributed by atoms with Crippen LogP contribution in [0.3, 0.4) is 0 Å². The molecule has 1 aliphatic heterocycles. The number of hydrogen-bond donors (Lipinski definition) is 1. The van der Waals surface area contributed by atoms with E-state index in [0.29, 0.717) is 12.4 Å². The van der Waals surface area contributed by atoms with Crippen molar-refractivity contribution in [3.63, 3.8) is 0 Å². The predicted octanol–water partition coefficient (Wildman–Crippen LogP) is 2.28. The minimum absolute atomic E-state index is 0.277. The maximum Gasteiger partial charge on any atom is 0.495 e. The van der Waals surface area contributed by atoms with Crippen LogP contribution in [0.2, 0.25) is 0 Å². The molecule has 0 spiro atoms. The summed E-state index contributed by atoms with van der Waals surface area (Å²) in [5.74, 6) is 0.447. The number of ether oxygens (including phenoxy) is 2. The van der Waals surface area contributed by atoms with Gasteiger partial charge >= 0.3 is 13.2 Å². The average Bonchev–Trinajstić information content (AvgIpc) is 2.71. The highest BCUT2D eigenvalue weighted by atomic mass is 16.7. The number of alkyl carbamates (subject to hydrolysis) is 1. The summed E-state index contributed by atoms with van der Waals surface area (Å²) in [6, 6.07) is 3.63. The summed E-state index contributed by atoms with van der Waals surface area (Å²) in [6.45, 7) is 14.1. The number of nitrogens with zero attached hydrogens (tertiary/aromatic N) is 1. The highest BCUT2D eigenvalue weighted by Crippen LogP contribution is 2.36. The molecule has 0 saturated carbocycles. The lowest BCUT2D eigenvalue weighted by Gasteiger charge is -2.32. The summed E-state index contributed by atoms with van der Waals surface area (Å²) >= 11 is 0. The van der Waals surface area contributed by atoms with Crippen LogP contribution in [0.4, 0.5) is 4.79 Å². The lowest BCUT2D eigenvalue weighted by molar-refractivity contribution is 0.00578. The molecule has 0 radical (unpaired) electrons. The first kappa shape index (κ1) is 20.5. The second kappa shape index (κ2) is 7.44. The lowest BCUT2D eigenvalue weighted by Crippen LogP contribution is -2.41. The molecule has 1 aromatic heterocycles. The van der Waals surface area contributed by atoms with E-state index in [-0.39, 0.29) is 6.61 Å². The molecule has 1 N–H and O–H groups in total. The van der Waals surface area contributed by atoms with Crippen molar-refractivity contribution in [2.45, 2.75) is 65.3 Å². The van der Waals surface area contributed by atoms with Crippen molar-refractivity contribution in [1.82, 2.24) is 10.3 Å². The zero-order chi connectivity index (χ0) is 19.6. The van der Waals surface area contributed by atoms with E-state index in [0.717, 1.165) is 5.46 Å². The number of hydrogen-bond acceptors (Lipinski definition) is 6. The predicted molar refractivity (Wildman–Crippen MR) is 99.7 cm³/mol. The van der Waals surface area contributed by atoms with Gasteiger partial charge < -0.3 is 24.1 Å². The van der Waals surface area contributed by atoms with Gasteiger partial charge in [0.1, 0.15) is 12.2 Å². The van der Waals surface area contributed by atoms with Crippen LogP contribution >= 0.6 is 0 Å². The summed E-state index contributed by atoms with van der Waals surface area (Å²) < 4.78 is 22.8. The summed E-state index contributed by atoms with van der Waals surface area (Å²) in [6.07, 6.45) is 1.18. The Hall–Kier alpha value is -1.80. The number of rotatable bonds is 5. The van der Waals surface area contributed by atoms with Gasteiger partial charge in [0.25, 0.3) is 0 Å². The van der Waals surface area contributed by atoms with Crippen molar-refractivity contribution in [3.8, 4) is 5.88 Å². The van der Waals surface area contributed by atoms with Crippen LogP contribution in [-0.4, -0.2) is 48.2 Å². The molecule has 0 aromatic carbocycles. The molecule has 1 amide bonds. The third-order valence-corrected chi connectivity index (χ3v) is 4.30. The quantitative estimate of drug-likeness (QED) is 0.638. The van der Waals surface area contributed by atoms with Gasteiger partial charge in [-0.25, -0.2) is 9.78 Å². The fourth-order valence-electron chi connectivity index (χ4n) is 2.25. The fraction of sp³-hybridized carbons (Fsp3) is 0.667. The third kappa shape index (κ3) is 5.35. The normalized spacial score (nSPS) is 18.5. The number of carbonyl (C=O) groups excluding carboxylic acids is 1. The Morgan fingerprint density at radius 3 is 2.42 bits per heavy atom. The van der Waals surface area contributed by atoms with Crippen LogP contribution < -0.4 is 15.5 Å². The van der Waals surface area contributed by atoms with Crippen molar-refractivity contribution in [3.05, 3.63) is 18.3 Å². The summed E-state index contributed by atoms with van der Waals surface area (Å²) in [4.78, 5) is 15.8. The Morgan fingerprint density at radius 1 is 1.23 bits per heavy atom. The van der Waals surface area contributed by atoms with E-state index in [1.165, 1.54) is 0 Å². The standard InChI is InChI=1S/C18H29BN2O5/c1-16(2,3)24-15(22)21-10-11-23-14-12-13(8-9-20-14)19-25-17(4,5)18(6,7)26-19/h8-9,12H,10-11H2,1-7H3,(H,21,22). The van der Waals surface area contributed by atoms with Crippen LogP contribution in [0.25, 0.3) is 0 Å². The molecule has 0 atom stereocenters. The topological polar surface area (TPSA) is 78.9 Å². The Labute approximate surface area is 155 Å². The SMILES string of the molecule is CC(C)(C)OC(=O)NCCOc1cc(B2OC(C)(C)C(C)(C)O2)ccn1. The lowest BCUT2D eigenvalue weighted by atomic mass is 9.80. The second-order valence-electron chi connectivity index (χ2n) is 8.29. The van der Waals surface area contributed by atoms with Crippen molar-refractivity contribution < 1.29 is 23.6 Å². The van der Waals surface area contributed by atoms with Crippen LogP contribution in [-0.2, 0) is 14.0 Å². The first-order chi connectivity index (χ1) is 11.9. The van der Waals surface area contributed by atoms with Crippen LogP contribution in [0.15, 0.2) is 18.3 Å². The molecule has 0 bridgehead atoms. The molecular formula is C18H29BN2O5. The largest absolute Gasteiger partial charge is 0.495 e. The van der Waals surface area contributed by atoms with E-state index in [1.807, 2.05) is 54.5 Å². The maximum atomic E-state index is 11.6. The molecule has 0 aliphatic carbocycles. The van der Waals surface area contributed by atoms with E-state index in [2.05, 4.69) is 10.3 Å². The Balaban J connectivity index is 1.86. The molecule has 1 aromatic rings. The Bertz CT molecular complexity index is 627. The highest BCUT2D eigenvalue weighted by Gasteiger charge is 2.51. The average molecular weight is 364 g/mol. The molecule has 7 nitrogen and oxygen atoms in total. The molecule has 0 unspecified atom stereocenters. The number of carbonyl (C=O) groups is 1. The second-order valence-corrected chi connectivity index (χ2v) is 8.29. The molecule has 2 rings (SSSR count). The molecule has 1 fully saturated rings. The summed E-state index contributed by atoms with van der Waals surface area (Å²) in [7, 11) is -0.467. The monoisotopic (exact) mass is 364 g/mol. The van der Waals surface area contributed by atoms with Gasteiger partial charge in [0.2, 0.25) is 5.88 Å². The van der Waals surface area contributed by atoms with Gasteiger partial charge in [-0.3, -0.25) is 0 Å². The number of amides is 1. The van der Waals surface area contributed by atoms with Gasteiger partial charge in [-0.1, -0.05) is 0 Å². The zero-order valence-corrected chi connectivity index (χ0v) is 16.7. The van der Waals surface area contributed by atoms with Gasteiger partial charge in [-0.05, 0) is 60.0 Å². The van der Waals surface area contributed by atoms with Crippen LogP contribution in [0.1, 0.15) is 48.5 Å². The van der Waals surface area contributed by atoms with E-state index >= 15 is 0 Å². The highest BCUT2D eigenvalue weighted by molar-refractivity contribution is 6.62. The molecule has 26 heavy (non-hydrogen) atoms. The van der Waals surface area contributed by atoms with Gasteiger partial charge in [-0.15, -0.1) is 0 Å². The van der Waals surface area contributed by atoms with Crippen molar-refractivity contribution in [1.29, 1.82) is 0 Å². The van der Waals surface area contributed by atoms with E-state index in [4.69, 9.17) is 18.8 Å². The van der Waals surface area contributed by atoms with Crippen LogP contribution in [0.5, 0.6) is 5.88 Å². The Morgan fingerprint density at radius 2 is 1.85 bits per heavy atom.